The standard InChI is InChI=1S/C15H20ClNO2/c16-13-10-12(8-9-14(13)18)17-15(19)11-6-4-2-1-3-5-7-11/h8-11,18H,1-7H2,(H,17,19). The summed E-state index contributed by atoms with van der Waals surface area (Å²) in [5, 5.41) is 12.5. The maximum absolute atomic E-state index is 12.2. The van der Waals surface area contributed by atoms with Gasteiger partial charge in [-0.1, -0.05) is 43.7 Å². The first-order chi connectivity index (χ1) is 9.16. The van der Waals surface area contributed by atoms with Crippen LogP contribution in [0.3, 0.4) is 0 Å². The number of carbonyl (C=O) groups is 1. The summed E-state index contributed by atoms with van der Waals surface area (Å²) in [6, 6.07) is 4.75. The number of phenols is 1. The SMILES string of the molecule is O=C(Nc1ccc(O)c(Cl)c1)C1CCCCCCC1. The van der Waals surface area contributed by atoms with Crippen molar-refractivity contribution in [2.75, 3.05) is 5.32 Å². The zero-order valence-electron chi connectivity index (χ0n) is 11.0. The van der Waals surface area contributed by atoms with Crippen molar-refractivity contribution in [2.45, 2.75) is 44.9 Å². The minimum Gasteiger partial charge on any atom is -0.506 e. The Morgan fingerprint density at radius 3 is 2.42 bits per heavy atom. The summed E-state index contributed by atoms with van der Waals surface area (Å²) in [5.41, 5.74) is 0.648. The van der Waals surface area contributed by atoms with Gasteiger partial charge in [-0.25, -0.2) is 0 Å². The van der Waals surface area contributed by atoms with Crippen molar-refractivity contribution in [3.05, 3.63) is 23.2 Å². The maximum Gasteiger partial charge on any atom is 0.227 e. The Morgan fingerprint density at radius 1 is 1.16 bits per heavy atom. The third-order valence-electron chi connectivity index (χ3n) is 3.69. The molecule has 1 amide bonds. The summed E-state index contributed by atoms with van der Waals surface area (Å²) in [5.74, 6) is 0.210. The molecule has 0 bridgehead atoms. The fourth-order valence-electron chi connectivity index (χ4n) is 2.55. The Morgan fingerprint density at radius 2 is 1.79 bits per heavy atom. The van der Waals surface area contributed by atoms with Gasteiger partial charge in [-0.05, 0) is 31.0 Å². The Kier molecular flexibility index (Phi) is 5.08. The molecule has 0 atom stereocenters. The van der Waals surface area contributed by atoms with Crippen LogP contribution in [0.25, 0.3) is 0 Å². The zero-order valence-corrected chi connectivity index (χ0v) is 11.7. The molecule has 1 saturated carbocycles. The van der Waals surface area contributed by atoms with Gasteiger partial charge >= 0.3 is 0 Å². The van der Waals surface area contributed by atoms with E-state index in [-0.39, 0.29) is 22.6 Å². The first kappa shape index (κ1) is 14.2. The maximum atomic E-state index is 12.2. The molecule has 1 aromatic carbocycles. The normalized spacial score (nSPS) is 17.5. The van der Waals surface area contributed by atoms with E-state index < -0.39 is 0 Å². The van der Waals surface area contributed by atoms with Crippen molar-refractivity contribution in [1.29, 1.82) is 0 Å². The molecule has 0 radical (unpaired) electrons. The fourth-order valence-corrected chi connectivity index (χ4v) is 2.73. The first-order valence-corrected chi connectivity index (χ1v) is 7.34. The first-order valence-electron chi connectivity index (χ1n) is 6.96. The second-order valence-electron chi connectivity index (χ2n) is 5.20. The highest BCUT2D eigenvalue weighted by Gasteiger charge is 2.19. The minimum absolute atomic E-state index is 0.0330. The highest BCUT2D eigenvalue weighted by atomic mass is 35.5. The minimum atomic E-state index is 0.0330. The summed E-state index contributed by atoms with van der Waals surface area (Å²) in [6.45, 7) is 0. The van der Waals surface area contributed by atoms with Crippen molar-refractivity contribution in [3.8, 4) is 5.75 Å². The predicted octanol–water partition coefficient (Wildman–Crippen LogP) is 4.34. The highest BCUT2D eigenvalue weighted by Crippen LogP contribution is 2.28. The second kappa shape index (κ2) is 6.80. The molecule has 0 aliphatic heterocycles. The molecular weight excluding hydrogens is 262 g/mol. The van der Waals surface area contributed by atoms with Crippen molar-refractivity contribution >= 4 is 23.2 Å². The van der Waals surface area contributed by atoms with E-state index in [9.17, 15) is 9.90 Å². The number of aromatic hydroxyl groups is 1. The third-order valence-corrected chi connectivity index (χ3v) is 3.99. The van der Waals surface area contributed by atoms with Crippen molar-refractivity contribution in [1.82, 2.24) is 0 Å². The van der Waals surface area contributed by atoms with E-state index in [1.54, 1.807) is 12.1 Å². The van der Waals surface area contributed by atoms with Gasteiger partial charge in [0, 0.05) is 11.6 Å². The molecule has 3 nitrogen and oxygen atoms in total. The molecular formula is C15H20ClNO2. The van der Waals surface area contributed by atoms with Crippen LogP contribution in [-0.4, -0.2) is 11.0 Å². The Hall–Kier alpha value is -1.22. The average Bonchev–Trinajstić information content (AvgIpc) is 2.33. The van der Waals surface area contributed by atoms with E-state index in [2.05, 4.69) is 5.32 Å². The van der Waals surface area contributed by atoms with Crippen LogP contribution in [0, 0.1) is 5.92 Å². The number of phenolic OH excluding ortho intramolecular Hbond substituents is 1. The van der Waals surface area contributed by atoms with Gasteiger partial charge in [-0.15, -0.1) is 0 Å². The van der Waals surface area contributed by atoms with Gasteiger partial charge in [0.2, 0.25) is 5.91 Å². The van der Waals surface area contributed by atoms with E-state index >= 15 is 0 Å². The molecule has 0 aromatic heterocycles. The molecule has 1 aliphatic carbocycles. The number of hydrogen-bond acceptors (Lipinski definition) is 2. The monoisotopic (exact) mass is 281 g/mol. The lowest BCUT2D eigenvalue weighted by atomic mass is 9.90. The van der Waals surface area contributed by atoms with Gasteiger partial charge in [0.1, 0.15) is 5.75 Å². The number of halogens is 1. The number of hydrogen-bond donors (Lipinski definition) is 2. The topological polar surface area (TPSA) is 49.3 Å². The highest BCUT2D eigenvalue weighted by molar-refractivity contribution is 6.32. The predicted molar refractivity (Wildman–Crippen MR) is 77.6 cm³/mol. The van der Waals surface area contributed by atoms with E-state index in [1.165, 1.54) is 25.3 Å². The van der Waals surface area contributed by atoms with E-state index in [0.29, 0.717) is 5.69 Å². The van der Waals surface area contributed by atoms with Gasteiger partial charge in [-0.3, -0.25) is 4.79 Å². The number of rotatable bonds is 2. The van der Waals surface area contributed by atoms with Crippen LogP contribution < -0.4 is 5.32 Å². The van der Waals surface area contributed by atoms with Crippen molar-refractivity contribution in [2.24, 2.45) is 5.92 Å². The van der Waals surface area contributed by atoms with Gasteiger partial charge in [0.15, 0.2) is 0 Å². The largest absolute Gasteiger partial charge is 0.506 e. The molecule has 0 heterocycles. The Labute approximate surface area is 119 Å². The van der Waals surface area contributed by atoms with Crippen LogP contribution in [0.1, 0.15) is 44.9 Å². The van der Waals surface area contributed by atoms with Gasteiger partial charge in [0.05, 0.1) is 5.02 Å². The van der Waals surface area contributed by atoms with Gasteiger partial charge < -0.3 is 10.4 Å². The van der Waals surface area contributed by atoms with Gasteiger partial charge in [-0.2, -0.15) is 0 Å². The molecule has 19 heavy (non-hydrogen) atoms. The molecule has 1 fully saturated rings. The van der Waals surface area contributed by atoms with Crippen LogP contribution in [0.2, 0.25) is 5.02 Å². The van der Waals surface area contributed by atoms with Crippen molar-refractivity contribution < 1.29 is 9.90 Å². The summed E-state index contributed by atoms with van der Waals surface area (Å²) < 4.78 is 0. The number of nitrogens with one attached hydrogen (secondary N) is 1. The van der Waals surface area contributed by atoms with Crippen LogP contribution in [0.4, 0.5) is 5.69 Å². The molecule has 1 aromatic rings. The molecule has 1 aliphatic rings. The molecule has 4 heteroatoms. The van der Waals surface area contributed by atoms with E-state index in [0.717, 1.165) is 25.7 Å². The van der Waals surface area contributed by atoms with Gasteiger partial charge in [0.25, 0.3) is 0 Å². The molecule has 0 unspecified atom stereocenters. The fraction of sp³-hybridized carbons (Fsp3) is 0.533. The molecule has 0 spiro atoms. The van der Waals surface area contributed by atoms with Crippen LogP contribution in [0.5, 0.6) is 5.75 Å². The van der Waals surface area contributed by atoms with Crippen LogP contribution >= 0.6 is 11.6 Å². The lowest BCUT2D eigenvalue weighted by Crippen LogP contribution is -2.23. The van der Waals surface area contributed by atoms with E-state index in [1.807, 2.05) is 0 Å². The number of amides is 1. The van der Waals surface area contributed by atoms with Crippen LogP contribution in [-0.2, 0) is 4.79 Å². The molecule has 0 saturated heterocycles. The zero-order chi connectivity index (χ0) is 13.7. The number of benzene rings is 1. The quantitative estimate of drug-likeness (QED) is 0.792. The summed E-state index contributed by atoms with van der Waals surface area (Å²) >= 11 is 5.83. The summed E-state index contributed by atoms with van der Waals surface area (Å²) in [6.07, 6.45) is 7.96. The summed E-state index contributed by atoms with van der Waals surface area (Å²) in [4.78, 5) is 12.2. The number of anilines is 1. The lowest BCUT2D eigenvalue weighted by molar-refractivity contribution is -0.120. The lowest BCUT2D eigenvalue weighted by Gasteiger charge is -2.19. The van der Waals surface area contributed by atoms with Crippen molar-refractivity contribution in [3.63, 3.8) is 0 Å². The Bertz CT molecular complexity index is 440. The summed E-state index contributed by atoms with van der Waals surface area (Å²) in [7, 11) is 0. The second-order valence-corrected chi connectivity index (χ2v) is 5.60. The van der Waals surface area contributed by atoms with Crippen LogP contribution in [0.15, 0.2) is 18.2 Å². The molecule has 2 rings (SSSR count). The third kappa shape index (κ3) is 4.13. The van der Waals surface area contributed by atoms with E-state index in [4.69, 9.17) is 11.6 Å². The molecule has 2 N–H and O–H groups in total. The smallest absolute Gasteiger partial charge is 0.227 e. The molecule has 104 valence electrons. The number of carbonyl (C=O) groups excluding carboxylic acids is 1. The average molecular weight is 282 g/mol. The Balaban J connectivity index is 1.96.